The molecule has 1 aromatic heterocycles. The monoisotopic (exact) mass is 408 g/mol. The summed E-state index contributed by atoms with van der Waals surface area (Å²) >= 11 is 7.24. The van der Waals surface area contributed by atoms with Gasteiger partial charge < -0.3 is 15.0 Å². The predicted octanol–water partition coefficient (Wildman–Crippen LogP) is 3.66. The van der Waals surface area contributed by atoms with E-state index < -0.39 is 18.5 Å². The number of likely N-dealkylation sites (N-methyl/N-ethyl adjacent to an activating group) is 1. The molecule has 27 heavy (non-hydrogen) atoms. The Morgan fingerprint density at radius 1 is 1.19 bits per heavy atom. The second-order valence-corrected chi connectivity index (χ2v) is 7.63. The summed E-state index contributed by atoms with van der Waals surface area (Å²) in [7, 11) is 0. The lowest BCUT2D eigenvalue weighted by atomic mass is 10.2. The van der Waals surface area contributed by atoms with E-state index in [-0.39, 0.29) is 12.5 Å². The first kappa shape index (κ1) is 20.9. The van der Waals surface area contributed by atoms with Gasteiger partial charge in [-0.3, -0.25) is 9.59 Å². The number of carbonyl (C=O) groups excluding carboxylic acids is 3. The third-order valence-electron chi connectivity index (χ3n) is 3.81. The van der Waals surface area contributed by atoms with Crippen LogP contribution in [-0.2, 0) is 14.3 Å². The van der Waals surface area contributed by atoms with Gasteiger partial charge in [-0.05, 0) is 50.6 Å². The molecule has 8 heteroatoms. The number of aryl methyl sites for hydroxylation is 2. The summed E-state index contributed by atoms with van der Waals surface area (Å²) in [6.07, 6.45) is 0. The molecule has 0 aliphatic heterocycles. The van der Waals surface area contributed by atoms with E-state index in [9.17, 15) is 14.4 Å². The molecule has 0 spiro atoms. The number of hydrogen-bond donors (Lipinski definition) is 1. The van der Waals surface area contributed by atoms with E-state index in [2.05, 4.69) is 5.32 Å². The van der Waals surface area contributed by atoms with Gasteiger partial charge in [-0.25, -0.2) is 4.79 Å². The van der Waals surface area contributed by atoms with Crippen molar-refractivity contribution in [3.63, 3.8) is 0 Å². The molecule has 0 aliphatic carbocycles. The Morgan fingerprint density at radius 2 is 1.93 bits per heavy atom. The zero-order chi connectivity index (χ0) is 20.0. The lowest BCUT2D eigenvalue weighted by molar-refractivity contribution is -0.137. The Hall–Kier alpha value is -2.38. The van der Waals surface area contributed by atoms with E-state index in [0.29, 0.717) is 22.1 Å². The van der Waals surface area contributed by atoms with Crippen molar-refractivity contribution < 1.29 is 19.1 Å². The molecule has 0 atom stereocenters. The van der Waals surface area contributed by atoms with Crippen molar-refractivity contribution in [2.24, 2.45) is 0 Å². The van der Waals surface area contributed by atoms with Gasteiger partial charge in [-0.15, -0.1) is 11.3 Å². The highest BCUT2D eigenvalue weighted by atomic mass is 35.5. The number of nitrogens with one attached hydrogen (secondary N) is 1. The summed E-state index contributed by atoms with van der Waals surface area (Å²) in [5.41, 5.74) is 1.46. The molecule has 0 saturated carbocycles. The number of ether oxygens (including phenoxy) is 1. The summed E-state index contributed by atoms with van der Waals surface area (Å²) in [6.45, 7) is 5.24. The molecule has 6 nitrogen and oxygen atoms in total. The number of thiophene rings is 1. The number of carbonyl (C=O) groups is 3. The number of nitrogens with zero attached hydrogens (tertiary/aromatic N) is 1. The van der Waals surface area contributed by atoms with Crippen LogP contribution in [-0.4, -0.2) is 42.4 Å². The molecule has 0 saturated heterocycles. The quantitative estimate of drug-likeness (QED) is 0.709. The maximum absolute atomic E-state index is 12.3. The maximum Gasteiger partial charge on any atom is 0.348 e. The number of anilines is 1. The van der Waals surface area contributed by atoms with Crippen LogP contribution < -0.4 is 5.32 Å². The zero-order valence-electron chi connectivity index (χ0n) is 15.4. The normalized spacial score (nSPS) is 10.4. The van der Waals surface area contributed by atoms with Crippen LogP contribution in [0.2, 0.25) is 5.02 Å². The third kappa shape index (κ3) is 6.08. The second-order valence-electron chi connectivity index (χ2n) is 5.90. The molecule has 1 heterocycles. The second kappa shape index (κ2) is 9.53. The largest absolute Gasteiger partial charge is 0.451 e. The van der Waals surface area contributed by atoms with Crippen molar-refractivity contribution in [2.45, 2.75) is 20.8 Å². The van der Waals surface area contributed by atoms with Gasteiger partial charge in [0.05, 0.1) is 6.54 Å². The molecule has 0 radical (unpaired) electrons. The Morgan fingerprint density at radius 3 is 2.56 bits per heavy atom. The molecule has 1 aromatic carbocycles. The fraction of sp³-hybridized carbons (Fsp3) is 0.316. The standard InChI is InChI=1S/C19H21ClN2O4S/c1-4-22(10-17(23)21-15-9-14(20)7-5-12(15)2)18(24)11-26-19(25)16-8-6-13(3)27-16/h5-9H,4,10-11H2,1-3H3,(H,21,23). The summed E-state index contributed by atoms with van der Waals surface area (Å²) in [5.74, 6) is -1.33. The van der Waals surface area contributed by atoms with Gasteiger partial charge in [0.2, 0.25) is 5.91 Å². The average molecular weight is 409 g/mol. The highest BCUT2D eigenvalue weighted by Crippen LogP contribution is 2.20. The van der Waals surface area contributed by atoms with Crippen molar-refractivity contribution in [3.8, 4) is 0 Å². The van der Waals surface area contributed by atoms with Crippen LogP contribution in [0.5, 0.6) is 0 Å². The number of benzene rings is 1. The van der Waals surface area contributed by atoms with Crippen LogP contribution in [0.15, 0.2) is 30.3 Å². The molecule has 1 N–H and O–H groups in total. The predicted molar refractivity (Wildman–Crippen MR) is 106 cm³/mol. The summed E-state index contributed by atoms with van der Waals surface area (Å²) in [6, 6.07) is 8.65. The van der Waals surface area contributed by atoms with Crippen LogP contribution in [0.4, 0.5) is 5.69 Å². The van der Waals surface area contributed by atoms with Gasteiger partial charge in [0.15, 0.2) is 6.61 Å². The third-order valence-corrected chi connectivity index (χ3v) is 5.03. The van der Waals surface area contributed by atoms with Crippen LogP contribution in [0.1, 0.15) is 27.0 Å². The van der Waals surface area contributed by atoms with Crippen molar-refractivity contribution in [1.82, 2.24) is 4.90 Å². The van der Waals surface area contributed by atoms with E-state index in [1.807, 2.05) is 19.9 Å². The fourth-order valence-corrected chi connectivity index (χ4v) is 3.24. The SMILES string of the molecule is CCN(CC(=O)Nc1cc(Cl)ccc1C)C(=O)COC(=O)c1ccc(C)s1. The minimum absolute atomic E-state index is 0.142. The number of halogens is 1. The van der Waals surface area contributed by atoms with Gasteiger partial charge in [0.1, 0.15) is 4.88 Å². The first-order valence-electron chi connectivity index (χ1n) is 8.37. The number of rotatable bonds is 7. The molecular weight excluding hydrogens is 388 g/mol. The molecule has 0 aliphatic rings. The molecular formula is C19H21ClN2O4S. The highest BCUT2D eigenvalue weighted by molar-refractivity contribution is 7.13. The summed E-state index contributed by atoms with van der Waals surface area (Å²) < 4.78 is 5.05. The van der Waals surface area contributed by atoms with E-state index >= 15 is 0 Å². The first-order chi connectivity index (χ1) is 12.8. The molecule has 0 unspecified atom stereocenters. The first-order valence-corrected chi connectivity index (χ1v) is 9.57. The van der Waals surface area contributed by atoms with E-state index in [0.717, 1.165) is 10.4 Å². The minimum atomic E-state index is -0.545. The number of hydrogen-bond acceptors (Lipinski definition) is 5. The Bertz CT molecular complexity index is 850. The topological polar surface area (TPSA) is 75.7 Å². The smallest absolute Gasteiger partial charge is 0.348 e. The van der Waals surface area contributed by atoms with Crippen molar-refractivity contribution in [3.05, 3.63) is 50.7 Å². The minimum Gasteiger partial charge on any atom is -0.451 e. The van der Waals surface area contributed by atoms with Crippen LogP contribution in [0.25, 0.3) is 0 Å². The number of amides is 2. The Balaban J connectivity index is 1.89. The lowest BCUT2D eigenvalue weighted by Crippen LogP contribution is -2.40. The Labute approximate surface area is 167 Å². The van der Waals surface area contributed by atoms with Crippen molar-refractivity contribution in [2.75, 3.05) is 25.0 Å². The van der Waals surface area contributed by atoms with Crippen LogP contribution >= 0.6 is 22.9 Å². The van der Waals surface area contributed by atoms with Gasteiger partial charge in [-0.2, -0.15) is 0 Å². The van der Waals surface area contributed by atoms with Crippen molar-refractivity contribution >= 4 is 46.4 Å². The summed E-state index contributed by atoms with van der Waals surface area (Å²) in [5, 5.41) is 3.25. The Kier molecular flexibility index (Phi) is 7.38. The molecule has 144 valence electrons. The average Bonchev–Trinajstić information content (AvgIpc) is 3.07. The van der Waals surface area contributed by atoms with Gasteiger partial charge >= 0.3 is 5.97 Å². The van der Waals surface area contributed by atoms with Gasteiger partial charge in [0, 0.05) is 22.1 Å². The van der Waals surface area contributed by atoms with E-state index in [1.165, 1.54) is 16.2 Å². The lowest BCUT2D eigenvalue weighted by Gasteiger charge is -2.20. The van der Waals surface area contributed by atoms with Crippen LogP contribution in [0, 0.1) is 13.8 Å². The highest BCUT2D eigenvalue weighted by Gasteiger charge is 2.19. The molecule has 2 rings (SSSR count). The maximum atomic E-state index is 12.3. The summed E-state index contributed by atoms with van der Waals surface area (Å²) in [4.78, 5) is 39.2. The number of esters is 1. The molecule has 0 bridgehead atoms. The van der Waals surface area contributed by atoms with Gasteiger partial charge in [0.25, 0.3) is 5.91 Å². The molecule has 2 aromatic rings. The van der Waals surface area contributed by atoms with Gasteiger partial charge in [-0.1, -0.05) is 17.7 Å². The van der Waals surface area contributed by atoms with Crippen molar-refractivity contribution in [1.29, 1.82) is 0 Å². The molecule has 0 fully saturated rings. The van der Waals surface area contributed by atoms with E-state index in [4.69, 9.17) is 16.3 Å². The van der Waals surface area contributed by atoms with Crippen LogP contribution in [0.3, 0.4) is 0 Å². The van der Waals surface area contributed by atoms with E-state index in [1.54, 1.807) is 31.2 Å². The zero-order valence-corrected chi connectivity index (χ0v) is 16.9. The fourth-order valence-electron chi connectivity index (χ4n) is 2.30. The molecule has 2 amide bonds.